The molecule has 1 aromatic rings. The Bertz CT molecular complexity index is 1820. The van der Waals surface area contributed by atoms with Crippen LogP contribution in [0.5, 0.6) is 0 Å². The molecule has 15 heteroatoms. The lowest BCUT2D eigenvalue weighted by molar-refractivity contribution is -0.346. The number of carbonyl (C=O) groups is 6. The van der Waals surface area contributed by atoms with E-state index in [2.05, 4.69) is 5.32 Å². The summed E-state index contributed by atoms with van der Waals surface area (Å²) in [5.41, 5.74) is -6.86. The van der Waals surface area contributed by atoms with E-state index in [0.29, 0.717) is 5.57 Å². The van der Waals surface area contributed by atoms with Crippen LogP contribution in [0.2, 0.25) is 0 Å². The first kappa shape index (κ1) is 41.7. The number of nitrogens with one attached hydrogen (secondary N) is 1. The summed E-state index contributed by atoms with van der Waals surface area (Å²) in [4.78, 5) is 80.4. The van der Waals surface area contributed by atoms with Crippen molar-refractivity contribution in [1.29, 1.82) is 0 Å². The van der Waals surface area contributed by atoms with E-state index in [1.807, 2.05) is 0 Å². The van der Waals surface area contributed by atoms with Crippen LogP contribution in [0.3, 0.4) is 0 Å². The zero-order valence-corrected chi connectivity index (χ0v) is 32.5. The highest BCUT2D eigenvalue weighted by atomic mass is 16.6. The van der Waals surface area contributed by atoms with E-state index >= 15 is 4.79 Å². The molecule has 0 spiro atoms. The van der Waals surface area contributed by atoms with Crippen molar-refractivity contribution in [3.63, 3.8) is 0 Å². The Kier molecular flexibility index (Phi) is 11.3. The van der Waals surface area contributed by atoms with Crippen molar-refractivity contribution in [1.82, 2.24) is 5.32 Å². The third-order valence-electron chi connectivity index (χ3n) is 11.9. The Morgan fingerprint density at radius 3 is 2.13 bits per heavy atom. The topological polar surface area (TPSA) is 221 Å². The van der Waals surface area contributed by atoms with Crippen molar-refractivity contribution in [2.24, 2.45) is 16.7 Å². The highest BCUT2D eigenvalue weighted by Crippen LogP contribution is 2.64. The van der Waals surface area contributed by atoms with E-state index in [-0.39, 0.29) is 29.7 Å². The number of ketones is 1. The standard InChI is InChI=1S/C40H51NO14/c1-19(2)15-25(41-21(4)42)30(45)36(49)53-26-17-40(50)34(54-35(48)24-13-11-10-12-14-24)32-38(9,33(47)31(46)29(20(26)3)37(40,7)8)27(52-22(5)43)16-28-39(32,18-51-28)55-23(6)44/h10-15,25-28,30-32,34,45-46,50H,16-18H2,1-9H3,(H,41,42)/t25-,26?,27-,28+,30+,31+,32-,34-,38+,39-,40+/m0/s1. The average molecular weight is 770 g/mol. The summed E-state index contributed by atoms with van der Waals surface area (Å²) in [6.07, 6.45) is -8.68. The molecule has 1 amide bonds. The zero-order valence-electron chi connectivity index (χ0n) is 32.5. The number of hydrogen-bond donors (Lipinski definition) is 4. The molecule has 1 unspecified atom stereocenters. The van der Waals surface area contributed by atoms with Crippen LogP contribution in [0.1, 0.15) is 85.5 Å². The van der Waals surface area contributed by atoms with Crippen LogP contribution in [-0.2, 0) is 47.7 Å². The van der Waals surface area contributed by atoms with Gasteiger partial charge in [0.25, 0.3) is 0 Å². The van der Waals surface area contributed by atoms with Crippen LogP contribution in [-0.4, -0.2) is 111 Å². The van der Waals surface area contributed by atoms with Crippen LogP contribution >= 0.6 is 0 Å². The van der Waals surface area contributed by atoms with Gasteiger partial charge in [-0.25, -0.2) is 9.59 Å². The number of benzene rings is 1. The fourth-order valence-corrected chi connectivity index (χ4v) is 9.29. The first-order valence-corrected chi connectivity index (χ1v) is 18.2. The quantitative estimate of drug-likeness (QED) is 0.161. The van der Waals surface area contributed by atoms with Crippen LogP contribution in [0.25, 0.3) is 0 Å². The van der Waals surface area contributed by atoms with Crippen molar-refractivity contribution in [3.05, 3.63) is 58.7 Å². The fraction of sp³-hybridized carbons (Fsp3) is 0.600. The third-order valence-corrected chi connectivity index (χ3v) is 11.9. The average Bonchev–Trinajstić information content (AvgIpc) is 3.08. The van der Waals surface area contributed by atoms with Gasteiger partial charge < -0.3 is 44.3 Å². The monoisotopic (exact) mass is 769 g/mol. The number of fused-ring (bicyclic) bond motifs is 5. The van der Waals surface area contributed by atoms with E-state index in [1.165, 1.54) is 39.0 Å². The maximum atomic E-state index is 15.1. The van der Waals surface area contributed by atoms with Crippen LogP contribution in [0.15, 0.2) is 53.1 Å². The Morgan fingerprint density at radius 2 is 1.60 bits per heavy atom. The summed E-state index contributed by atoms with van der Waals surface area (Å²) < 4.78 is 29.9. The highest BCUT2D eigenvalue weighted by molar-refractivity contribution is 5.94. The Morgan fingerprint density at radius 1 is 0.964 bits per heavy atom. The van der Waals surface area contributed by atoms with Gasteiger partial charge in [0, 0.05) is 39.0 Å². The number of esters is 4. The lowest BCUT2D eigenvalue weighted by atomic mass is 9.44. The van der Waals surface area contributed by atoms with E-state index < -0.39 is 113 Å². The minimum atomic E-state index is -2.35. The number of aliphatic hydroxyl groups is 3. The molecular weight excluding hydrogens is 718 g/mol. The fourth-order valence-electron chi connectivity index (χ4n) is 9.29. The SMILES string of the molecule is CC(=O)N[C@@H](C=C(C)C)[C@@H](O)C(=O)OC1C[C@@]2(O)[C@@H](OC(=O)c3ccccc3)[C@@H]3[C@]4(OC(C)=O)CO[C@@H]4C[C@H](OC(C)=O)[C@@]3(C)C(=O)[C@H](O)C(=C1C)C2(C)C. The first-order valence-electron chi connectivity index (χ1n) is 18.2. The second-order valence-electron chi connectivity index (χ2n) is 16.1. The van der Waals surface area contributed by atoms with Crippen molar-refractivity contribution in [3.8, 4) is 0 Å². The van der Waals surface area contributed by atoms with Crippen molar-refractivity contribution >= 4 is 35.6 Å². The van der Waals surface area contributed by atoms with Gasteiger partial charge in [0.1, 0.15) is 36.1 Å². The number of hydrogen-bond acceptors (Lipinski definition) is 14. The molecule has 300 valence electrons. The predicted molar refractivity (Wildman–Crippen MR) is 192 cm³/mol. The number of aliphatic hydroxyl groups excluding tert-OH is 2. The summed E-state index contributed by atoms with van der Waals surface area (Å²) in [6.45, 7) is 12.6. The molecular formula is C40H51NO14. The number of allylic oxidation sites excluding steroid dienone is 1. The first-order chi connectivity index (χ1) is 25.5. The van der Waals surface area contributed by atoms with Gasteiger partial charge in [-0.3, -0.25) is 19.2 Å². The summed E-state index contributed by atoms with van der Waals surface area (Å²) >= 11 is 0. The molecule has 0 aromatic heterocycles. The molecule has 55 heavy (non-hydrogen) atoms. The van der Waals surface area contributed by atoms with Crippen LogP contribution in [0.4, 0.5) is 0 Å². The summed E-state index contributed by atoms with van der Waals surface area (Å²) in [7, 11) is 0. The van der Waals surface area contributed by atoms with Gasteiger partial charge in [-0.2, -0.15) is 0 Å². The number of carbonyl (C=O) groups excluding carboxylic acids is 6. The lowest BCUT2D eigenvalue weighted by Crippen LogP contribution is -2.82. The number of amides is 1. The van der Waals surface area contributed by atoms with Crippen LogP contribution in [0, 0.1) is 16.7 Å². The summed E-state index contributed by atoms with van der Waals surface area (Å²) in [5, 5.41) is 39.3. The molecule has 3 aliphatic carbocycles. The van der Waals surface area contributed by atoms with Gasteiger partial charge in [-0.15, -0.1) is 0 Å². The normalized spacial score (nSPS) is 34.4. The maximum absolute atomic E-state index is 15.1. The second-order valence-corrected chi connectivity index (χ2v) is 16.1. The maximum Gasteiger partial charge on any atom is 0.338 e. The molecule has 3 fully saturated rings. The molecule has 5 rings (SSSR count). The molecule has 2 bridgehead atoms. The smallest absolute Gasteiger partial charge is 0.338 e. The molecule has 0 radical (unpaired) electrons. The molecule has 4 N–H and O–H groups in total. The molecule has 1 aliphatic heterocycles. The highest BCUT2D eigenvalue weighted by Gasteiger charge is 2.78. The van der Waals surface area contributed by atoms with E-state index in [1.54, 1.807) is 45.9 Å². The zero-order chi connectivity index (χ0) is 41.0. The number of Topliss-reactive ketones (excluding diaryl/α,β-unsaturated/α-hetero) is 1. The lowest BCUT2D eigenvalue weighted by Gasteiger charge is -2.67. The van der Waals surface area contributed by atoms with E-state index in [4.69, 9.17) is 23.7 Å². The largest absolute Gasteiger partial charge is 0.461 e. The number of rotatable bonds is 9. The molecule has 1 aromatic carbocycles. The molecule has 1 heterocycles. The van der Waals surface area contributed by atoms with Gasteiger partial charge in [-0.1, -0.05) is 43.7 Å². The second kappa shape index (κ2) is 14.9. The van der Waals surface area contributed by atoms with E-state index in [0.717, 1.165) is 13.8 Å². The molecule has 2 saturated carbocycles. The molecule has 1 saturated heterocycles. The minimum Gasteiger partial charge on any atom is -0.461 e. The van der Waals surface area contributed by atoms with Crippen LogP contribution < -0.4 is 5.32 Å². The Hall–Kier alpha value is -4.44. The Labute approximate surface area is 319 Å². The molecule has 4 aliphatic rings. The van der Waals surface area contributed by atoms with Gasteiger partial charge in [0.05, 0.1) is 29.5 Å². The van der Waals surface area contributed by atoms with E-state index in [9.17, 15) is 39.3 Å². The van der Waals surface area contributed by atoms with Crippen molar-refractivity contribution in [2.75, 3.05) is 6.61 Å². The summed E-state index contributed by atoms with van der Waals surface area (Å²) in [5.74, 6) is -6.61. The van der Waals surface area contributed by atoms with Gasteiger partial charge >= 0.3 is 23.9 Å². The minimum absolute atomic E-state index is 0.0585. The number of ether oxygens (including phenoxy) is 5. The molecule has 11 atom stereocenters. The summed E-state index contributed by atoms with van der Waals surface area (Å²) in [6, 6.07) is 6.64. The Balaban J connectivity index is 1.76. The molecule has 15 nitrogen and oxygen atoms in total. The van der Waals surface area contributed by atoms with Gasteiger partial charge in [0.15, 0.2) is 17.5 Å². The predicted octanol–water partition coefficient (Wildman–Crippen LogP) is 2.04. The van der Waals surface area contributed by atoms with Crippen molar-refractivity contribution in [2.45, 2.75) is 129 Å². The van der Waals surface area contributed by atoms with Crippen molar-refractivity contribution < 1.29 is 67.8 Å². The van der Waals surface area contributed by atoms with Gasteiger partial charge in [0.2, 0.25) is 5.91 Å². The van der Waals surface area contributed by atoms with Gasteiger partial charge in [-0.05, 0) is 51.0 Å². The third kappa shape index (κ3) is 7.00.